The van der Waals surface area contributed by atoms with Crippen LogP contribution in [0, 0.1) is 0 Å². The van der Waals surface area contributed by atoms with Gasteiger partial charge in [0.2, 0.25) is 0 Å². The summed E-state index contributed by atoms with van der Waals surface area (Å²) in [4.78, 5) is 15.7. The minimum Gasteiger partial charge on any atom is -0.465 e. The molecule has 3 nitrogen and oxygen atoms in total. The Labute approximate surface area is 125 Å². The molecule has 6 heteroatoms. The molecule has 0 fully saturated rings. The number of hydrogen-bond donors (Lipinski definition) is 0. The number of ether oxygens (including phenoxy) is 1. The predicted octanol–water partition coefficient (Wildman–Crippen LogP) is 4.50. The number of methoxy groups -OCH3 is 1. The number of carbonyl (C=O) groups excluding carboxylic acids is 1. The molecule has 0 unspecified atom stereocenters. The molecule has 0 aliphatic carbocycles. The molecule has 0 amide bonds. The molecule has 2 aromatic rings. The summed E-state index contributed by atoms with van der Waals surface area (Å²) >= 11 is 18.1. The van der Waals surface area contributed by atoms with Gasteiger partial charge in [0.05, 0.1) is 12.7 Å². The van der Waals surface area contributed by atoms with Gasteiger partial charge in [-0.3, -0.25) is 0 Å². The monoisotopic (exact) mass is 315 g/mol. The second kappa shape index (κ2) is 5.78. The Balaban J connectivity index is 2.74. The zero-order valence-corrected chi connectivity index (χ0v) is 12.1. The average Bonchev–Trinajstić information content (AvgIpc) is 2.40. The lowest BCUT2D eigenvalue weighted by atomic mass is 10.0. The average molecular weight is 317 g/mol. The highest BCUT2D eigenvalue weighted by atomic mass is 35.5. The maximum atomic E-state index is 11.8. The first kappa shape index (κ1) is 14.1. The maximum absolute atomic E-state index is 11.8. The molecule has 0 bridgehead atoms. The van der Waals surface area contributed by atoms with Crippen LogP contribution in [0.1, 0.15) is 10.4 Å². The quantitative estimate of drug-likeness (QED) is 0.605. The normalized spacial score (nSPS) is 10.3. The van der Waals surface area contributed by atoms with Crippen molar-refractivity contribution in [3.63, 3.8) is 0 Å². The van der Waals surface area contributed by atoms with E-state index in [2.05, 4.69) is 4.98 Å². The Morgan fingerprint density at radius 2 is 1.95 bits per heavy atom. The number of benzene rings is 1. The van der Waals surface area contributed by atoms with Crippen molar-refractivity contribution in [2.45, 2.75) is 0 Å². The molecule has 98 valence electrons. The molecule has 0 spiro atoms. The van der Waals surface area contributed by atoms with E-state index in [1.54, 1.807) is 18.2 Å². The third kappa shape index (κ3) is 2.84. The minimum absolute atomic E-state index is 0.159. The van der Waals surface area contributed by atoms with Gasteiger partial charge in [0.1, 0.15) is 5.15 Å². The summed E-state index contributed by atoms with van der Waals surface area (Å²) in [5, 5.41) is 1.06. The third-order valence-corrected chi connectivity index (χ3v) is 3.36. The molecular weight excluding hydrogens is 309 g/mol. The van der Waals surface area contributed by atoms with Crippen molar-refractivity contribution >= 4 is 40.8 Å². The Morgan fingerprint density at radius 3 is 2.63 bits per heavy atom. The molecule has 0 atom stereocenters. The van der Waals surface area contributed by atoms with E-state index in [-0.39, 0.29) is 10.7 Å². The van der Waals surface area contributed by atoms with E-state index in [9.17, 15) is 4.79 Å². The summed E-state index contributed by atoms with van der Waals surface area (Å²) < 4.78 is 4.72. The van der Waals surface area contributed by atoms with Gasteiger partial charge >= 0.3 is 5.97 Å². The van der Waals surface area contributed by atoms with Crippen molar-refractivity contribution in [1.82, 2.24) is 4.98 Å². The maximum Gasteiger partial charge on any atom is 0.338 e. The van der Waals surface area contributed by atoms with Gasteiger partial charge in [0.15, 0.2) is 0 Å². The van der Waals surface area contributed by atoms with Gasteiger partial charge in [-0.1, -0.05) is 34.8 Å². The Morgan fingerprint density at radius 1 is 1.21 bits per heavy atom. The van der Waals surface area contributed by atoms with Crippen LogP contribution in [-0.2, 0) is 4.74 Å². The first-order chi connectivity index (χ1) is 9.04. The number of nitrogens with zero attached hydrogens (tertiary/aromatic N) is 1. The summed E-state index contributed by atoms with van der Waals surface area (Å²) in [5.74, 6) is -0.518. The fourth-order valence-corrected chi connectivity index (χ4v) is 2.31. The Kier molecular flexibility index (Phi) is 4.30. The molecule has 1 heterocycles. The fourth-order valence-electron chi connectivity index (χ4n) is 1.66. The summed E-state index contributed by atoms with van der Waals surface area (Å²) in [5.41, 5.74) is 1.22. The van der Waals surface area contributed by atoms with Crippen molar-refractivity contribution < 1.29 is 9.53 Å². The topological polar surface area (TPSA) is 39.2 Å². The smallest absolute Gasteiger partial charge is 0.338 e. The summed E-state index contributed by atoms with van der Waals surface area (Å²) in [7, 11) is 1.29. The molecule has 0 radical (unpaired) electrons. The molecule has 0 N–H and O–H groups in total. The van der Waals surface area contributed by atoms with E-state index in [1.807, 2.05) is 0 Å². The molecule has 2 rings (SSSR count). The van der Waals surface area contributed by atoms with E-state index in [0.717, 1.165) is 0 Å². The molecule has 19 heavy (non-hydrogen) atoms. The molecular formula is C13H8Cl3NO2. The van der Waals surface area contributed by atoms with Crippen LogP contribution in [0.15, 0.2) is 30.5 Å². The lowest BCUT2D eigenvalue weighted by Crippen LogP contribution is -2.05. The number of esters is 1. The molecule has 0 saturated carbocycles. The highest BCUT2D eigenvalue weighted by Gasteiger charge is 2.19. The van der Waals surface area contributed by atoms with Gasteiger partial charge in [-0.15, -0.1) is 0 Å². The highest BCUT2D eigenvalue weighted by molar-refractivity contribution is 6.37. The summed E-state index contributed by atoms with van der Waals surface area (Å²) in [6.45, 7) is 0. The predicted molar refractivity (Wildman–Crippen MR) is 76.0 cm³/mol. The summed E-state index contributed by atoms with van der Waals surface area (Å²) in [6, 6.07) is 6.42. The Hall–Kier alpha value is -1.29. The van der Waals surface area contributed by atoms with Crippen LogP contribution in [-0.4, -0.2) is 18.1 Å². The zero-order valence-electron chi connectivity index (χ0n) is 9.78. The molecule has 0 saturated heterocycles. The fraction of sp³-hybridized carbons (Fsp3) is 0.0769. The summed E-state index contributed by atoms with van der Waals surface area (Å²) in [6.07, 6.45) is 1.43. The van der Waals surface area contributed by atoms with Crippen LogP contribution >= 0.6 is 34.8 Å². The van der Waals surface area contributed by atoms with Crippen molar-refractivity contribution in [1.29, 1.82) is 0 Å². The van der Waals surface area contributed by atoms with E-state index in [0.29, 0.717) is 21.2 Å². The van der Waals surface area contributed by atoms with Crippen LogP contribution in [0.5, 0.6) is 0 Å². The van der Waals surface area contributed by atoms with Gasteiger partial charge in [0, 0.05) is 27.4 Å². The molecule has 0 aliphatic rings. The number of hydrogen-bond acceptors (Lipinski definition) is 3. The van der Waals surface area contributed by atoms with E-state index in [1.165, 1.54) is 19.4 Å². The zero-order chi connectivity index (χ0) is 14.0. The first-order valence-electron chi connectivity index (χ1n) is 5.23. The molecule has 1 aromatic carbocycles. The number of halogens is 3. The third-order valence-electron chi connectivity index (χ3n) is 2.51. The minimum atomic E-state index is -0.518. The number of aromatic nitrogens is 1. The first-order valence-corrected chi connectivity index (χ1v) is 6.36. The second-order valence-corrected chi connectivity index (χ2v) is 4.84. The standard InChI is InChI=1S/C13H8Cl3NO2/c1-19-13(18)8-4-5-17-12(16)11(8)9-6-7(14)2-3-10(9)15/h2-6H,1H3. The van der Waals surface area contributed by atoms with Crippen molar-refractivity contribution in [3.8, 4) is 11.1 Å². The van der Waals surface area contributed by atoms with Crippen molar-refractivity contribution in [3.05, 3.63) is 51.2 Å². The lowest BCUT2D eigenvalue weighted by molar-refractivity contribution is 0.0601. The van der Waals surface area contributed by atoms with E-state index >= 15 is 0 Å². The van der Waals surface area contributed by atoms with Crippen LogP contribution < -0.4 is 0 Å². The van der Waals surface area contributed by atoms with Gasteiger partial charge in [-0.05, 0) is 24.3 Å². The van der Waals surface area contributed by atoms with E-state index in [4.69, 9.17) is 39.5 Å². The largest absolute Gasteiger partial charge is 0.465 e. The van der Waals surface area contributed by atoms with Crippen LogP contribution in [0.2, 0.25) is 15.2 Å². The van der Waals surface area contributed by atoms with Gasteiger partial charge < -0.3 is 4.74 Å². The van der Waals surface area contributed by atoms with E-state index < -0.39 is 5.97 Å². The lowest BCUT2D eigenvalue weighted by Gasteiger charge is -2.11. The van der Waals surface area contributed by atoms with Crippen molar-refractivity contribution in [2.24, 2.45) is 0 Å². The Bertz CT molecular complexity index is 644. The number of carbonyl (C=O) groups is 1. The number of rotatable bonds is 2. The SMILES string of the molecule is COC(=O)c1ccnc(Cl)c1-c1cc(Cl)ccc1Cl. The van der Waals surface area contributed by atoms with Crippen molar-refractivity contribution in [2.75, 3.05) is 7.11 Å². The number of pyridine rings is 1. The van der Waals surface area contributed by atoms with Crippen LogP contribution in [0.4, 0.5) is 0 Å². The van der Waals surface area contributed by atoms with Crippen LogP contribution in [0.25, 0.3) is 11.1 Å². The highest BCUT2D eigenvalue weighted by Crippen LogP contribution is 2.36. The van der Waals surface area contributed by atoms with Gasteiger partial charge in [-0.2, -0.15) is 0 Å². The second-order valence-electron chi connectivity index (χ2n) is 3.64. The van der Waals surface area contributed by atoms with Gasteiger partial charge in [-0.25, -0.2) is 9.78 Å². The van der Waals surface area contributed by atoms with Gasteiger partial charge in [0.25, 0.3) is 0 Å². The van der Waals surface area contributed by atoms with Crippen LogP contribution in [0.3, 0.4) is 0 Å². The molecule has 0 aliphatic heterocycles. The molecule has 1 aromatic heterocycles.